The minimum atomic E-state index is -0.0647. The number of nitrogens with zero attached hydrogens (tertiary/aromatic N) is 2. The Morgan fingerprint density at radius 2 is 1.88 bits per heavy atom. The molecule has 1 aromatic heterocycles. The second-order valence-electron chi connectivity index (χ2n) is 6.49. The van der Waals surface area contributed by atoms with Crippen LogP contribution in [0.2, 0.25) is 0 Å². The first kappa shape index (κ1) is 22.1. The summed E-state index contributed by atoms with van der Waals surface area (Å²) in [6.07, 6.45) is 1.77. The van der Waals surface area contributed by atoms with E-state index in [1.54, 1.807) is 27.5 Å². The molecule has 1 aromatic carbocycles. The molecule has 0 radical (unpaired) electrons. The monoisotopic (exact) mass is 474 g/mol. The molecule has 0 saturated carbocycles. The van der Waals surface area contributed by atoms with Crippen molar-refractivity contribution in [3.05, 3.63) is 36.0 Å². The molecule has 0 unspecified atom stereocenters. The van der Waals surface area contributed by atoms with Crippen molar-refractivity contribution >= 4 is 35.6 Å². The Morgan fingerprint density at radius 1 is 1.19 bits per heavy atom. The molecule has 0 saturated heterocycles. The van der Waals surface area contributed by atoms with Crippen molar-refractivity contribution in [2.24, 2.45) is 4.99 Å². The van der Waals surface area contributed by atoms with Gasteiger partial charge in [-0.1, -0.05) is 20.8 Å². The van der Waals surface area contributed by atoms with Crippen molar-refractivity contribution in [1.29, 1.82) is 0 Å². The van der Waals surface area contributed by atoms with E-state index in [1.807, 2.05) is 18.2 Å². The van der Waals surface area contributed by atoms with Gasteiger partial charge in [0.25, 0.3) is 0 Å². The molecule has 2 rings (SSSR count). The lowest BCUT2D eigenvalue weighted by Crippen LogP contribution is -2.30. The average Bonchev–Trinajstić information content (AvgIpc) is 3.07. The third-order valence-electron chi connectivity index (χ3n) is 3.57. The van der Waals surface area contributed by atoms with Crippen LogP contribution < -0.4 is 20.1 Å². The topological polar surface area (TPSA) is 80.9 Å². The molecule has 144 valence electrons. The number of guanidine groups is 1. The standard InChI is InChI=1S/C18H26N4O3.HI/c1-18(2,3)15-10-20-16(25-15)11-21-17(19-4)22-12-7-8-13(23-5)14(9-12)24-6;/h7-10H,11H2,1-6H3,(H2,19,21,22);1H. The van der Waals surface area contributed by atoms with Crippen LogP contribution in [0.25, 0.3) is 0 Å². The van der Waals surface area contributed by atoms with Crippen molar-refractivity contribution in [1.82, 2.24) is 10.3 Å². The molecule has 26 heavy (non-hydrogen) atoms. The fourth-order valence-corrected chi connectivity index (χ4v) is 2.13. The number of benzene rings is 1. The summed E-state index contributed by atoms with van der Waals surface area (Å²) in [7, 11) is 4.91. The highest BCUT2D eigenvalue weighted by molar-refractivity contribution is 14.0. The lowest BCUT2D eigenvalue weighted by Gasteiger charge is -2.14. The predicted molar refractivity (Wildman–Crippen MR) is 114 cm³/mol. The number of rotatable bonds is 5. The molecule has 0 bridgehead atoms. The predicted octanol–water partition coefficient (Wildman–Crippen LogP) is 3.79. The maximum atomic E-state index is 5.77. The number of aliphatic imine (C=N–C) groups is 1. The maximum Gasteiger partial charge on any atom is 0.213 e. The van der Waals surface area contributed by atoms with Crippen molar-refractivity contribution in [3.8, 4) is 11.5 Å². The summed E-state index contributed by atoms with van der Waals surface area (Å²) in [6, 6.07) is 5.56. The number of ether oxygens (including phenoxy) is 2. The van der Waals surface area contributed by atoms with Gasteiger partial charge in [0.05, 0.1) is 27.0 Å². The van der Waals surface area contributed by atoms with Crippen molar-refractivity contribution in [2.45, 2.75) is 32.7 Å². The van der Waals surface area contributed by atoms with Crippen LogP contribution >= 0.6 is 24.0 Å². The van der Waals surface area contributed by atoms with E-state index in [4.69, 9.17) is 13.9 Å². The van der Waals surface area contributed by atoms with Crippen LogP contribution in [0, 0.1) is 0 Å². The molecule has 0 spiro atoms. The van der Waals surface area contributed by atoms with Crippen molar-refractivity contribution in [3.63, 3.8) is 0 Å². The minimum absolute atomic E-state index is 0. The summed E-state index contributed by atoms with van der Waals surface area (Å²) in [4.78, 5) is 8.50. The zero-order valence-corrected chi connectivity index (χ0v) is 18.4. The Labute approximate surface area is 171 Å². The number of oxazole rings is 1. The van der Waals surface area contributed by atoms with E-state index in [-0.39, 0.29) is 29.4 Å². The summed E-state index contributed by atoms with van der Waals surface area (Å²) in [5, 5.41) is 6.37. The van der Waals surface area contributed by atoms with Gasteiger partial charge < -0.3 is 24.5 Å². The van der Waals surface area contributed by atoms with Gasteiger partial charge in [-0.05, 0) is 12.1 Å². The number of halogens is 1. The molecule has 8 heteroatoms. The van der Waals surface area contributed by atoms with E-state index in [9.17, 15) is 0 Å². The van der Waals surface area contributed by atoms with Gasteiger partial charge >= 0.3 is 0 Å². The highest BCUT2D eigenvalue weighted by atomic mass is 127. The zero-order valence-electron chi connectivity index (χ0n) is 16.0. The van der Waals surface area contributed by atoms with E-state index in [1.165, 1.54) is 0 Å². The number of anilines is 1. The zero-order chi connectivity index (χ0) is 18.4. The van der Waals surface area contributed by atoms with Gasteiger partial charge in [-0.2, -0.15) is 0 Å². The summed E-state index contributed by atoms with van der Waals surface area (Å²) in [5.74, 6) is 3.38. The molecule has 0 aliphatic rings. The molecule has 0 fully saturated rings. The molecule has 7 nitrogen and oxygen atoms in total. The van der Waals surface area contributed by atoms with Crippen LogP contribution in [-0.4, -0.2) is 32.2 Å². The smallest absolute Gasteiger partial charge is 0.213 e. The molecule has 0 atom stereocenters. The molecule has 0 amide bonds. The van der Waals surface area contributed by atoms with Crippen LogP contribution in [0.1, 0.15) is 32.4 Å². The second-order valence-corrected chi connectivity index (χ2v) is 6.49. The normalized spacial score (nSPS) is 11.5. The highest BCUT2D eigenvalue weighted by Crippen LogP contribution is 2.29. The van der Waals surface area contributed by atoms with Gasteiger partial charge in [0.1, 0.15) is 5.76 Å². The summed E-state index contributed by atoms with van der Waals surface area (Å²) >= 11 is 0. The highest BCUT2D eigenvalue weighted by Gasteiger charge is 2.19. The lowest BCUT2D eigenvalue weighted by atomic mass is 9.94. The average molecular weight is 474 g/mol. The molecule has 1 heterocycles. The molecule has 2 N–H and O–H groups in total. The van der Waals surface area contributed by atoms with E-state index in [0.29, 0.717) is 29.9 Å². The van der Waals surface area contributed by atoms with Crippen molar-refractivity contribution in [2.75, 3.05) is 26.6 Å². The summed E-state index contributed by atoms with van der Waals surface area (Å²) in [5.41, 5.74) is 0.763. The Morgan fingerprint density at radius 3 is 2.42 bits per heavy atom. The SMILES string of the molecule is CN=C(NCc1ncc(C(C)(C)C)o1)Nc1ccc(OC)c(OC)c1.I. The first-order chi connectivity index (χ1) is 11.9. The fourth-order valence-electron chi connectivity index (χ4n) is 2.13. The summed E-state index contributed by atoms with van der Waals surface area (Å²) < 4.78 is 16.3. The van der Waals surface area contributed by atoms with Crippen LogP contribution in [-0.2, 0) is 12.0 Å². The van der Waals surface area contributed by atoms with E-state index in [0.717, 1.165) is 11.4 Å². The number of hydrogen-bond donors (Lipinski definition) is 2. The van der Waals surface area contributed by atoms with Crippen LogP contribution in [0.15, 0.2) is 33.8 Å². The van der Waals surface area contributed by atoms with Gasteiger partial charge in [-0.3, -0.25) is 4.99 Å². The molecule has 0 aliphatic heterocycles. The van der Waals surface area contributed by atoms with Gasteiger partial charge in [0.15, 0.2) is 17.5 Å². The lowest BCUT2D eigenvalue weighted by molar-refractivity contribution is 0.355. The quantitative estimate of drug-likeness (QED) is 0.390. The number of nitrogens with one attached hydrogen (secondary N) is 2. The largest absolute Gasteiger partial charge is 0.493 e. The van der Waals surface area contributed by atoms with Crippen LogP contribution in [0.4, 0.5) is 5.69 Å². The molecule has 2 aromatic rings. The van der Waals surface area contributed by atoms with E-state index >= 15 is 0 Å². The third-order valence-corrected chi connectivity index (χ3v) is 3.57. The van der Waals surface area contributed by atoms with Gasteiger partial charge in [-0.25, -0.2) is 4.98 Å². The minimum Gasteiger partial charge on any atom is -0.493 e. The fraction of sp³-hybridized carbons (Fsp3) is 0.444. The van der Waals surface area contributed by atoms with E-state index in [2.05, 4.69) is 41.4 Å². The van der Waals surface area contributed by atoms with Crippen molar-refractivity contribution < 1.29 is 13.9 Å². The first-order valence-corrected chi connectivity index (χ1v) is 8.02. The number of aromatic nitrogens is 1. The number of methoxy groups -OCH3 is 2. The Kier molecular flexibility index (Phi) is 8.19. The Bertz CT molecular complexity index is 738. The second kappa shape index (κ2) is 9.65. The third kappa shape index (κ3) is 5.79. The molecular formula is C18H27IN4O3. The summed E-state index contributed by atoms with van der Waals surface area (Å²) in [6.45, 7) is 6.69. The molecule has 0 aliphatic carbocycles. The Hall–Kier alpha value is -1.97. The molecular weight excluding hydrogens is 447 g/mol. The van der Waals surface area contributed by atoms with E-state index < -0.39 is 0 Å². The van der Waals surface area contributed by atoms with Gasteiger partial charge in [0.2, 0.25) is 5.89 Å². The van der Waals surface area contributed by atoms with Gasteiger partial charge in [0, 0.05) is 24.2 Å². The van der Waals surface area contributed by atoms with Crippen LogP contribution in [0.3, 0.4) is 0 Å². The van der Waals surface area contributed by atoms with Crippen LogP contribution in [0.5, 0.6) is 11.5 Å². The first-order valence-electron chi connectivity index (χ1n) is 8.02. The maximum absolute atomic E-state index is 5.77. The number of hydrogen-bond acceptors (Lipinski definition) is 5. The van der Waals surface area contributed by atoms with Gasteiger partial charge in [-0.15, -0.1) is 24.0 Å². The Balaban J connectivity index is 0.00000338.